The third kappa shape index (κ3) is 5.29. The molecule has 5 nitrogen and oxygen atoms in total. The first-order valence-electron chi connectivity index (χ1n) is 10.8. The van der Waals surface area contributed by atoms with Crippen LogP contribution in [0, 0.1) is 6.92 Å². The molecule has 1 heterocycles. The number of aromatic nitrogens is 2. The van der Waals surface area contributed by atoms with Crippen molar-refractivity contribution in [3.8, 4) is 5.75 Å². The molecule has 0 saturated heterocycles. The lowest BCUT2D eigenvalue weighted by Crippen LogP contribution is -2.25. The van der Waals surface area contributed by atoms with Gasteiger partial charge in [-0.2, -0.15) is 0 Å². The van der Waals surface area contributed by atoms with Crippen molar-refractivity contribution in [2.24, 2.45) is 0 Å². The largest absolute Gasteiger partial charge is 0.494 e. The molecule has 3 aromatic carbocycles. The second-order valence-electron chi connectivity index (χ2n) is 7.68. The van der Waals surface area contributed by atoms with E-state index >= 15 is 0 Å². The van der Waals surface area contributed by atoms with E-state index in [1.807, 2.05) is 73.7 Å². The Morgan fingerprint density at radius 1 is 1.00 bits per heavy atom. The fraction of sp³-hybridized carbons (Fsp3) is 0.231. The zero-order chi connectivity index (χ0) is 22.3. The van der Waals surface area contributed by atoms with Gasteiger partial charge >= 0.3 is 0 Å². The van der Waals surface area contributed by atoms with Crippen molar-refractivity contribution in [2.45, 2.75) is 32.9 Å². The summed E-state index contributed by atoms with van der Waals surface area (Å²) in [6, 6.07) is 23.1. The number of hydrogen-bond acceptors (Lipinski definition) is 3. The molecule has 0 aliphatic carbocycles. The Labute approximate surface area is 193 Å². The van der Waals surface area contributed by atoms with Crippen molar-refractivity contribution < 1.29 is 9.53 Å². The number of amides is 1. The minimum absolute atomic E-state index is 0.0851. The number of nitrogens with one attached hydrogen (secondary N) is 1. The minimum atomic E-state index is -0.0851. The summed E-state index contributed by atoms with van der Waals surface area (Å²) < 4.78 is 7.99. The molecule has 0 spiro atoms. The number of ether oxygens (including phenoxy) is 1. The van der Waals surface area contributed by atoms with Crippen LogP contribution < -0.4 is 10.1 Å². The van der Waals surface area contributed by atoms with Crippen molar-refractivity contribution in [3.63, 3.8) is 0 Å². The first kappa shape index (κ1) is 21.9. The lowest BCUT2D eigenvalue weighted by molar-refractivity contribution is 0.0949. The number of fused-ring (bicyclic) bond motifs is 1. The van der Waals surface area contributed by atoms with E-state index in [-0.39, 0.29) is 5.91 Å². The lowest BCUT2D eigenvalue weighted by Gasteiger charge is -2.11. The smallest absolute Gasteiger partial charge is 0.251 e. The molecule has 4 aromatic rings. The van der Waals surface area contributed by atoms with Crippen molar-refractivity contribution in [2.75, 3.05) is 6.61 Å². The van der Waals surface area contributed by atoms with Crippen molar-refractivity contribution in [3.05, 3.63) is 94.8 Å². The summed E-state index contributed by atoms with van der Waals surface area (Å²) in [5, 5.41) is 3.73. The molecule has 1 amide bonds. The number of para-hydroxylation sites is 2. The van der Waals surface area contributed by atoms with Crippen LogP contribution in [0.5, 0.6) is 5.75 Å². The lowest BCUT2D eigenvalue weighted by atomic mass is 10.1. The highest BCUT2D eigenvalue weighted by Crippen LogP contribution is 2.18. The van der Waals surface area contributed by atoms with Gasteiger partial charge in [0.1, 0.15) is 11.6 Å². The Morgan fingerprint density at radius 3 is 2.56 bits per heavy atom. The van der Waals surface area contributed by atoms with Gasteiger partial charge in [-0.05, 0) is 67.8 Å². The Balaban J connectivity index is 1.38. The van der Waals surface area contributed by atoms with Gasteiger partial charge in [-0.3, -0.25) is 4.79 Å². The van der Waals surface area contributed by atoms with Crippen LogP contribution in [0.1, 0.15) is 34.6 Å². The molecule has 32 heavy (non-hydrogen) atoms. The Bertz CT molecular complexity index is 1200. The topological polar surface area (TPSA) is 56.2 Å². The monoisotopic (exact) mass is 447 g/mol. The molecule has 4 rings (SSSR count). The number of unbranched alkanes of at least 4 members (excludes halogenated alkanes) is 1. The fourth-order valence-corrected chi connectivity index (χ4v) is 3.81. The number of rotatable bonds is 9. The van der Waals surface area contributed by atoms with Gasteiger partial charge < -0.3 is 14.6 Å². The number of halogens is 1. The summed E-state index contributed by atoms with van der Waals surface area (Å²) in [5.41, 5.74) is 3.66. The van der Waals surface area contributed by atoms with Crippen molar-refractivity contribution >= 4 is 28.5 Å². The van der Waals surface area contributed by atoms with Gasteiger partial charge in [0.2, 0.25) is 0 Å². The second-order valence-corrected chi connectivity index (χ2v) is 8.11. The van der Waals surface area contributed by atoms with E-state index in [1.165, 1.54) is 0 Å². The van der Waals surface area contributed by atoms with Crippen LogP contribution in [0.2, 0.25) is 5.02 Å². The molecule has 0 unspecified atom stereocenters. The maximum absolute atomic E-state index is 12.6. The molecule has 164 valence electrons. The number of carbonyl (C=O) groups excluding carboxylic acids is 1. The molecule has 0 radical (unpaired) electrons. The highest BCUT2D eigenvalue weighted by Gasteiger charge is 2.13. The second kappa shape index (κ2) is 10.3. The van der Waals surface area contributed by atoms with Crippen LogP contribution in [0.4, 0.5) is 0 Å². The molecular weight excluding hydrogens is 422 g/mol. The zero-order valence-electron chi connectivity index (χ0n) is 18.1. The summed E-state index contributed by atoms with van der Waals surface area (Å²) >= 11 is 5.91. The maximum Gasteiger partial charge on any atom is 0.251 e. The van der Waals surface area contributed by atoms with Crippen LogP contribution in [-0.2, 0) is 13.1 Å². The van der Waals surface area contributed by atoms with Gasteiger partial charge in [-0.15, -0.1) is 0 Å². The van der Waals surface area contributed by atoms with Crippen LogP contribution >= 0.6 is 11.6 Å². The average Bonchev–Trinajstić information content (AvgIpc) is 3.16. The third-order valence-corrected chi connectivity index (χ3v) is 5.64. The van der Waals surface area contributed by atoms with E-state index in [0.717, 1.165) is 47.6 Å². The van der Waals surface area contributed by atoms with E-state index in [9.17, 15) is 4.79 Å². The molecule has 0 bridgehead atoms. The Kier molecular flexibility index (Phi) is 7.07. The van der Waals surface area contributed by atoms with Crippen LogP contribution in [-0.4, -0.2) is 22.1 Å². The third-order valence-electron chi connectivity index (χ3n) is 5.39. The zero-order valence-corrected chi connectivity index (χ0v) is 18.8. The average molecular weight is 448 g/mol. The SMILES string of the molecule is Cc1ccccc1C(=O)NCc1nc2ccccc2n1CCCCOc1ccc(Cl)cc1. The van der Waals surface area contributed by atoms with E-state index in [0.29, 0.717) is 23.7 Å². The Hall–Kier alpha value is -3.31. The van der Waals surface area contributed by atoms with E-state index in [2.05, 4.69) is 16.0 Å². The van der Waals surface area contributed by atoms with Crippen LogP contribution in [0.3, 0.4) is 0 Å². The molecule has 0 atom stereocenters. The molecule has 6 heteroatoms. The minimum Gasteiger partial charge on any atom is -0.494 e. The van der Waals surface area contributed by atoms with Gasteiger partial charge in [0.25, 0.3) is 5.91 Å². The van der Waals surface area contributed by atoms with Gasteiger partial charge in [0, 0.05) is 17.1 Å². The van der Waals surface area contributed by atoms with E-state index in [4.69, 9.17) is 21.3 Å². The number of nitrogens with zero attached hydrogens (tertiary/aromatic N) is 2. The molecular formula is C26H26ClN3O2. The highest BCUT2D eigenvalue weighted by molar-refractivity contribution is 6.30. The van der Waals surface area contributed by atoms with Gasteiger partial charge in [0.05, 0.1) is 24.2 Å². The molecule has 0 aliphatic rings. The first-order valence-corrected chi connectivity index (χ1v) is 11.2. The Morgan fingerprint density at radius 2 is 1.75 bits per heavy atom. The number of carbonyl (C=O) groups is 1. The normalized spacial score (nSPS) is 10.9. The number of aryl methyl sites for hydroxylation is 2. The highest BCUT2D eigenvalue weighted by atomic mass is 35.5. The maximum atomic E-state index is 12.6. The molecule has 0 saturated carbocycles. The number of hydrogen-bond donors (Lipinski definition) is 1. The fourth-order valence-electron chi connectivity index (χ4n) is 3.68. The summed E-state index contributed by atoms with van der Waals surface area (Å²) in [4.78, 5) is 17.4. The predicted molar refractivity (Wildman–Crippen MR) is 128 cm³/mol. The molecule has 0 fully saturated rings. The standard InChI is InChI=1S/C26H26ClN3O2/c1-19-8-2-3-9-22(19)26(31)28-18-25-29-23-10-4-5-11-24(23)30(25)16-6-7-17-32-21-14-12-20(27)13-15-21/h2-5,8-15H,6-7,16-18H2,1H3,(H,28,31). The molecule has 0 aliphatic heterocycles. The van der Waals surface area contributed by atoms with E-state index < -0.39 is 0 Å². The summed E-state index contributed by atoms with van der Waals surface area (Å²) in [7, 11) is 0. The summed E-state index contributed by atoms with van der Waals surface area (Å²) in [6.45, 7) is 3.76. The number of benzene rings is 3. The van der Waals surface area contributed by atoms with Crippen LogP contribution in [0.25, 0.3) is 11.0 Å². The van der Waals surface area contributed by atoms with Gasteiger partial charge in [-0.25, -0.2) is 4.98 Å². The predicted octanol–water partition coefficient (Wildman–Crippen LogP) is 5.79. The van der Waals surface area contributed by atoms with Crippen LogP contribution in [0.15, 0.2) is 72.8 Å². The van der Waals surface area contributed by atoms with Gasteiger partial charge in [0.15, 0.2) is 0 Å². The molecule has 1 N–H and O–H groups in total. The summed E-state index contributed by atoms with van der Waals surface area (Å²) in [6.07, 6.45) is 1.84. The van der Waals surface area contributed by atoms with Crippen molar-refractivity contribution in [1.29, 1.82) is 0 Å². The number of imidazole rings is 1. The quantitative estimate of drug-likeness (QED) is 0.330. The van der Waals surface area contributed by atoms with Crippen molar-refractivity contribution in [1.82, 2.24) is 14.9 Å². The van der Waals surface area contributed by atoms with Gasteiger partial charge in [-0.1, -0.05) is 41.9 Å². The molecule has 1 aromatic heterocycles. The summed E-state index contributed by atoms with van der Waals surface area (Å²) in [5.74, 6) is 1.59. The first-order chi connectivity index (χ1) is 15.6. The van der Waals surface area contributed by atoms with E-state index in [1.54, 1.807) is 0 Å².